The van der Waals surface area contributed by atoms with Gasteiger partial charge in [-0.1, -0.05) is 0 Å². The standard InChI is InChI=1S/C20H32O8/c21-12-5-1-10(2-6-12)19-24-9-14-15(26-19)16-17(18(23)25-14)28-20(27-16)11-3-7-13(22)8-4-11/h10-23H,1-9H2. The predicted octanol–water partition coefficient (Wildman–Crippen LogP) is 0.657. The van der Waals surface area contributed by atoms with Gasteiger partial charge in [0, 0.05) is 11.8 Å². The second kappa shape index (κ2) is 8.07. The average Bonchev–Trinajstić information content (AvgIpc) is 3.15. The number of ether oxygens (including phenoxy) is 5. The number of hydrogen-bond acceptors (Lipinski definition) is 8. The van der Waals surface area contributed by atoms with Crippen molar-refractivity contribution in [1.29, 1.82) is 0 Å². The van der Waals surface area contributed by atoms with Crippen molar-refractivity contribution in [3.05, 3.63) is 0 Å². The van der Waals surface area contributed by atoms with Crippen LogP contribution in [0, 0.1) is 11.8 Å². The number of fused-ring (bicyclic) bond motifs is 3. The SMILES string of the molecule is OC1CCC(C2OCC3OC(O)C4OC(C5CCC(O)CC5)OC4C3O2)CC1. The van der Waals surface area contributed by atoms with Crippen LogP contribution in [0.2, 0.25) is 0 Å². The van der Waals surface area contributed by atoms with Gasteiger partial charge in [-0.2, -0.15) is 0 Å². The Morgan fingerprint density at radius 2 is 1.07 bits per heavy atom. The van der Waals surface area contributed by atoms with E-state index in [0.717, 1.165) is 51.4 Å². The molecule has 0 spiro atoms. The topological polar surface area (TPSA) is 107 Å². The largest absolute Gasteiger partial charge is 0.393 e. The fraction of sp³-hybridized carbons (Fsp3) is 1.00. The molecule has 7 atom stereocenters. The molecule has 2 aliphatic carbocycles. The van der Waals surface area contributed by atoms with Gasteiger partial charge in [0.15, 0.2) is 18.9 Å². The lowest BCUT2D eigenvalue weighted by molar-refractivity contribution is -0.347. The Bertz CT molecular complexity index is 530. The van der Waals surface area contributed by atoms with Crippen LogP contribution in [0.3, 0.4) is 0 Å². The van der Waals surface area contributed by atoms with Crippen LogP contribution >= 0.6 is 0 Å². The van der Waals surface area contributed by atoms with Gasteiger partial charge in [0.25, 0.3) is 0 Å². The van der Waals surface area contributed by atoms with Crippen molar-refractivity contribution in [2.45, 2.75) is 107 Å². The van der Waals surface area contributed by atoms with E-state index in [2.05, 4.69) is 0 Å². The highest BCUT2D eigenvalue weighted by Crippen LogP contribution is 2.42. The maximum atomic E-state index is 10.4. The molecule has 160 valence electrons. The highest BCUT2D eigenvalue weighted by atomic mass is 16.8. The first kappa shape index (κ1) is 19.6. The molecule has 3 N–H and O–H groups in total. The van der Waals surface area contributed by atoms with Crippen molar-refractivity contribution in [1.82, 2.24) is 0 Å². The van der Waals surface area contributed by atoms with E-state index >= 15 is 0 Å². The van der Waals surface area contributed by atoms with Gasteiger partial charge in [0.2, 0.25) is 0 Å². The minimum atomic E-state index is -1.06. The number of rotatable bonds is 2. The smallest absolute Gasteiger partial charge is 0.184 e. The minimum absolute atomic E-state index is 0.216. The van der Waals surface area contributed by atoms with Crippen molar-refractivity contribution in [3.63, 3.8) is 0 Å². The van der Waals surface area contributed by atoms with Gasteiger partial charge in [0.05, 0.1) is 18.8 Å². The third-order valence-electron chi connectivity index (χ3n) is 7.16. The maximum absolute atomic E-state index is 10.4. The number of aliphatic hydroxyl groups excluding tert-OH is 3. The Labute approximate surface area is 165 Å². The Kier molecular flexibility index (Phi) is 5.66. The van der Waals surface area contributed by atoms with Crippen molar-refractivity contribution < 1.29 is 39.0 Å². The molecule has 5 rings (SSSR count). The Hall–Kier alpha value is -0.320. The second-order valence-electron chi connectivity index (χ2n) is 9.07. The van der Waals surface area contributed by atoms with Crippen molar-refractivity contribution >= 4 is 0 Å². The third-order valence-corrected chi connectivity index (χ3v) is 7.16. The van der Waals surface area contributed by atoms with Gasteiger partial charge in [0.1, 0.15) is 24.4 Å². The van der Waals surface area contributed by atoms with E-state index in [4.69, 9.17) is 23.7 Å². The molecule has 8 nitrogen and oxygen atoms in total. The Morgan fingerprint density at radius 1 is 0.536 bits per heavy atom. The van der Waals surface area contributed by atoms with Gasteiger partial charge in [-0.25, -0.2) is 0 Å². The fourth-order valence-electron chi connectivity index (χ4n) is 5.44. The normalized spacial score (nSPS) is 54.8. The number of aliphatic hydroxyl groups is 3. The van der Waals surface area contributed by atoms with Crippen molar-refractivity contribution in [3.8, 4) is 0 Å². The van der Waals surface area contributed by atoms with Crippen molar-refractivity contribution in [2.75, 3.05) is 6.61 Å². The van der Waals surface area contributed by atoms with E-state index in [-0.39, 0.29) is 48.6 Å². The summed E-state index contributed by atoms with van der Waals surface area (Å²) in [4.78, 5) is 0. The second-order valence-corrected chi connectivity index (χ2v) is 9.07. The molecule has 8 heteroatoms. The molecule has 0 amide bonds. The van der Waals surface area contributed by atoms with E-state index in [9.17, 15) is 15.3 Å². The molecule has 2 saturated carbocycles. The summed E-state index contributed by atoms with van der Waals surface area (Å²) in [6, 6.07) is 0. The van der Waals surface area contributed by atoms with Gasteiger partial charge in [-0.05, 0) is 51.4 Å². The van der Waals surface area contributed by atoms with E-state index in [1.54, 1.807) is 0 Å². The summed E-state index contributed by atoms with van der Waals surface area (Å²) in [6.45, 7) is 0.359. The molecule has 0 aromatic heterocycles. The zero-order chi connectivity index (χ0) is 19.3. The van der Waals surface area contributed by atoms with E-state index in [1.807, 2.05) is 0 Å². The summed E-state index contributed by atoms with van der Waals surface area (Å²) in [5.41, 5.74) is 0. The molecular weight excluding hydrogens is 368 g/mol. The lowest BCUT2D eigenvalue weighted by Crippen LogP contribution is -2.62. The monoisotopic (exact) mass is 400 g/mol. The van der Waals surface area contributed by atoms with Crippen LogP contribution in [0.1, 0.15) is 51.4 Å². The predicted molar refractivity (Wildman–Crippen MR) is 95.0 cm³/mol. The minimum Gasteiger partial charge on any atom is -0.393 e. The Balaban J connectivity index is 1.25. The zero-order valence-electron chi connectivity index (χ0n) is 16.1. The van der Waals surface area contributed by atoms with Crippen LogP contribution in [0.4, 0.5) is 0 Å². The van der Waals surface area contributed by atoms with Gasteiger partial charge >= 0.3 is 0 Å². The van der Waals surface area contributed by atoms with E-state index < -0.39 is 18.7 Å². The average molecular weight is 400 g/mol. The molecule has 7 unspecified atom stereocenters. The molecule has 0 radical (unpaired) electrons. The first-order chi connectivity index (χ1) is 13.6. The van der Waals surface area contributed by atoms with Crippen LogP contribution in [0.5, 0.6) is 0 Å². The van der Waals surface area contributed by atoms with Crippen LogP contribution in [-0.4, -0.2) is 77.4 Å². The summed E-state index contributed by atoms with van der Waals surface area (Å²) >= 11 is 0. The van der Waals surface area contributed by atoms with Crippen LogP contribution in [0.15, 0.2) is 0 Å². The molecule has 28 heavy (non-hydrogen) atoms. The molecule has 0 aromatic rings. The molecule has 3 saturated heterocycles. The van der Waals surface area contributed by atoms with E-state index in [0.29, 0.717) is 6.61 Å². The van der Waals surface area contributed by atoms with Crippen LogP contribution in [0.25, 0.3) is 0 Å². The third kappa shape index (κ3) is 3.74. The lowest BCUT2D eigenvalue weighted by atomic mass is 9.86. The van der Waals surface area contributed by atoms with Gasteiger partial charge in [-0.15, -0.1) is 0 Å². The molecular formula is C20H32O8. The molecule has 5 aliphatic rings. The Morgan fingerprint density at radius 3 is 1.71 bits per heavy atom. The zero-order valence-corrected chi connectivity index (χ0v) is 16.1. The molecule has 3 heterocycles. The summed E-state index contributed by atoms with van der Waals surface area (Å²) in [5.74, 6) is 0.475. The molecule has 0 aromatic carbocycles. The number of hydrogen-bond donors (Lipinski definition) is 3. The summed E-state index contributed by atoms with van der Waals surface area (Å²) in [5, 5.41) is 29.9. The van der Waals surface area contributed by atoms with Gasteiger partial charge in [-0.3, -0.25) is 0 Å². The van der Waals surface area contributed by atoms with E-state index in [1.165, 1.54) is 0 Å². The molecule has 5 fully saturated rings. The molecule has 0 bridgehead atoms. The summed E-state index contributed by atoms with van der Waals surface area (Å²) in [7, 11) is 0. The van der Waals surface area contributed by atoms with Gasteiger partial charge < -0.3 is 39.0 Å². The quantitative estimate of drug-likeness (QED) is 0.621. The fourth-order valence-corrected chi connectivity index (χ4v) is 5.44. The van der Waals surface area contributed by atoms with Crippen LogP contribution in [-0.2, 0) is 23.7 Å². The highest BCUT2D eigenvalue weighted by Gasteiger charge is 2.56. The van der Waals surface area contributed by atoms with Crippen molar-refractivity contribution in [2.24, 2.45) is 11.8 Å². The van der Waals surface area contributed by atoms with Crippen LogP contribution < -0.4 is 0 Å². The summed E-state index contributed by atoms with van der Waals surface area (Å²) < 4.78 is 30.3. The first-order valence-electron chi connectivity index (χ1n) is 10.9. The summed E-state index contributed by atoms with van der Waals surface area (Å²) in [6.07, 6.45) is 2.65. The lowest BCUT2D eigenvalue weighted by Gasteiger charge is -2.46. The first-order valence-corrected chi connectivity index (χ1v) is 10.9. The maximum Gasteiger partial charge on any atom is 0.184 e. The molecule has 3 aliphatic heterocycles. The highest BCUT2D eigenvalue weighted by molar-refractivity contribution is 4.98.